The van der Waals surface area contributed by atoms with Crippen molar-refractivity contribution >= 4 is 44.7 Å². The van der Waals surface area contributed by atoms with Crippen LogP contribution in [-0.4, -0.2) is 28.2 Å². The van der Waals surface area contributed by atoms with Crippen LogP contribution in [0.2, 0.25) is 0 Å². The maximum Gasteiger partial charge on any atom is 0.271 e. The van der Waals surface area contributed by atoms with E-state index >= 15 is 0 Å². The third kappa shape index (κ3) is 1.56. The molecule has 0 spiro atoms. The van der Waals surface area contributed by atoms with E-state index in [2.05, 4.69) is 10.5 Å². The van der Waals surface area contributed by atoms with E-state index in [0.717, 1.165) is 32.2 Å². The lowest BCUT2D eigenvalue weighted by atomic mass is 10.0. The van der Waals surface area contributed by atoms with Gasteiger partial charge >= 0.3 is 0 Å². The Labute approximate surface area is 142 Å². The van der Waals surface area contributed by atoms with E-state index < -0.39 is 11.8 Å². The number of nitriles is 1. The van der Waals surface area contributed by atoms with Crippen molar-refractivity contribution in [2.75, 3.05) is 7.05 Å². The number of fused-ring (bicyclic) bond motifs is 2. The van der Waals surface area contributed by atoms with Crippen LogP contribution in [-0.2, 0) is 9.59 Å². The van der Waals surface area contributed by atoms with Gasteiger partial charge in [0.25, 0.3) is 11.8 Å². The van der Waals surface area contributed by atoms with E-state index in [-0.39, 0.29) is 11.1 Å². The Morgan fingerprint density at radius 2 is 1.76 bits per heavy atom. The molecule has 0 unspecified atom stereocenters. The molecule has 5 rings (SSSR count). The summed E-state index contributed by atoms with van der Waals surface area (Å²) in [7, 11) is 1.40. The van der Waals surface area contributed by atoms with E-state index in [1.54, 1.807) is 0 Å². The van der Waals surface area contributed by atoms with Gasteiger partial charge in [0, 0.05) is 23.5 Å². The molecule has 0 atom stereocenters. The van der Waals surface area contributed by atoms with Crippen molar-refractivity contribution in [2.45, 2.75) is 0 Å². The Balaban J connectivity index is 1.95. The van der Waals surface area contributed by atoms with E-state index in [0.29, 0.717) is 5.56 Å². The molecule has 5 heteroatoms. The highest BCUT2D eigenvalue weighted by Crippen LogP contribution is 2.37. The predicted octanol–water partition coefficient (Wildman–Crippen LogP) is 2.96. The summed E-state index contributed by atoms with van der Waals surface area (Å²) < 4.78 is 2.07. The number of pyridine rings is 1. The van der Waals surface area contributed by atoms with Gasteiger partial charge in [-0.05, 0) is 29.7 Å². The fourth-order valence-corrected chi connectivity index (χ4v) is 3.73. The molecule has 4 heterocycles. The summed E-state index contributed by atoms with van der Waals surface area (Å²) in [5.74, 6) is -0.975. The molecule has 0 fully saturated rings. The lowest BCUT2D eigenvalue weighted by Gasteiger charge is -2.07. The normalized spacial score (nSPS) is 15.3. The van der Waals surface area contributed by atoms with Gasteiger partial charge in [0.05, 0.1) is 16.6 Å². The Morgan fingerprint density at radius 3 is 2.56 bits per heavy atom. The first-order valence-electron chi connectivity index (χ1n) is 7.84. The third-order valence-corrected chi connectivity index (χ3v) is 4.92. The largest absolute Gasteiger partial charge is 0.309 e. The smallest absolute Gasteiger partial charge is 0.271 e. The summed E-state index contributed by atoms with van der Waals surface area (Å²) in [5, 5.41) is 11.6. The van der Waals surface area contributed by atoms with Crippen LogP contribution in [0.15, 0.2) is 54.1 Å². The number of nitrogens with zero attached hydrogens (tertiary/aromatic N) is 3. The SMILES string of the molecule is CN1C(=O)C(C#N)=C(c2cc3ccc4c5ccccc5cc2n34)C1=O. The summed E-state index contributed by atoms with van der Waals surface area (Å²) in [6, 6.07) is 17.8. The Bertz CT molecular complexity index is 1300. The average Bonchev–Trinajstić information content (AvgIpc) is 3.26. The van der Waals surface area contributed by atoms with Gasteiger partial charge in [0.15, 0.2) is 0 Å². The summed E-state index contributed by atoms with van der Waals surface area (Å²) in [6.45, 7) is 0. The maximum atomic E-state index is 12.6. The molecule has 118 valence electrons. The monoisotopic (exact) mass is 325 g/mol. The molecule has 4 aromatic rings. The van der Waals surface area contributed by atoms with Crippen LogP contribution in [0, 0.1) is 11.3 Å². The van der Waals surface area contributed by atoms with Gasteiger partial charge in [-0.1, -0.05) is 24.3 Å². The van der Waals surface area contributed by atoms with Crippen LogP contribution >= 0.6 is 0 Å². The second-order valence-corrected chi connectivity index (χ2v) is 6.18. The van der Waals surface area contributed by atoms with E-state index in [4.69, 9.17) is 0 Å². The number of rotatable bonds is 1. The fraction of sp³-hybridized carbons (Fsp3) is 0.0500. The lowest BCUT2D eigenvalue weighted by molar-refractivity contribution is -0.135. The first-order valence-corrected chi connectivity index (χ1v) is 7.84. The number of amides is 2. The number of aromatic nitrogens is 1. The molecule has 1 aliphatic rings. The van der Waals surface area contributed by atoms with Gasteiger partial charge in [-0.25, -0.2) is 0 Å². The van der Waals surface area contributed by atoms with Gasteiger partial charge in [-0.3, -0.25) is 14.5 Å². The summed E-state index contributed by atoms with van der Waals surface area (Å²) in [5.41, 5.74) is 3.53. The summed E-state index contributed by atoms with van der Waals surface area (Å²) in [6.07, 6.45) is 0. The number of carbonyl (C=O) groups is 2. The van der Waals surface area contributed by atoms with Crippen molar-refractivity contribution in [2.24, 2.45) is 0 Å². The molecule has 0 saturated carbocycles. The van der Waals surface area contributed by atoms with Crippen molar-refractivity contribution in [3.63, 3.8) is 0 Å². The minimum Gasteiger partial charge on any atom is -0.309 e. The van der Waals surface area contributed by atoms with E-state index in [1.807, 2.05) is 48.5 Å². The maximum absolute atomic E-state index is 12.6. The second-order valence-electron chi connectivity index (χ2n) is 6.18. The molecular formula is C20H11N3O2. The molecule has 0 bridgehead atoms. The molecular weight excluding hydrogens is 314 g/mol. The topological polar surface area (TPSA) is 65.6 Å². The standard InChI is InChI=1S/C20H11N3O2/c1-22-19(24)15(10-21)18(20(22)25)14-9-12-6-7-16-13-5-3-2-4-11(13)8-17(14)23(12)16/h2-9H,1H3. The molecule has 0 radical (unpaired) electrons. The molecule has 3 aromatic heterocycles. The first-order chi connectivity index (χ1) is 12.1. The van der Waals surface area contributed by atoms with Gasteiger partial charge < -0.3 is 4.40 Å². The molecule has 5 nitrogen and oxygen atoms in total. The molecule has 1 aliphatic heterocycles. The summed E-state index contributed by atoms with van der Waals surface area (Å²) >= 11 is 0. The zero-order chi connectivity index (χ0) is 17.3. The minimum atomic E-state index is -0.544. The zero-order valence-corrected chi connectivity index (χ0v) is 13.3. The van der Waals surface area contributed by atoms with Crippen LogP contribution in [0.3, 0.4) is 0 Å². The number of hydrogen-bond acceptors (Lipinski definition) is 3. The first kappa shape index (κ1) is 13.8. The second kappa shape index (κ2) is 4.46. The lowest BCUT2D eigenvalue weighted by Crippen LogP contribution is -2.26. The number of likely N-dealkylation sites (N-methyl/N-ethyl adjacent to an activating group) is 1. The Kier molecular flexibility index (Phi) is 2.45. The molecule has 0 aliphatic carbocycles. The number of imide groups is 1. The van der Waals surface area contributed by atoms with E-state index in [9.17, 15) is 14.9 Å². The molecule has 0 N–H and O–H groups in total. The van der Waals surface area contributed by atoms with Crippen LogP contribution < -0.4 is 0 Å². The van der Waals surface area contributed by atoms with Crippen molar-refractivity contribution < 1.29 is 9.59 Å². The van der Waals surface area contributed by atoms with Gasteiger partial charge in [0.2, 0.25) is 0 Å². The number of benzene rings is 1. The number of carbonyl (C=O) groups excluding carboxylic acids is 2. The zero-order valence-electron chi connectivity index (χ0n) is 13.3. The van der Waals surface area contributed by atoms with Crippen LogP contribution in [0.4, 0.5) is 0 Å². The van der Waals surface area contributed by atoms with Crippen LogP contribution in [0.1, 0.15) is 5.56 Å². The minimum absolute atomic E-state index is 0.0918. The molecule has 0 saturated heterocycles. The van der Waals surface area contributed by atoms with Crippen LogP contribution in [0.5, 0.6) is 0 Å². The highest BCUT2D eigenvalue weighted by molar-refractivity contribution is 6.38. The van der Waals surface area contributed by atoms with Crippen molar-refractivity contribution in [1.82, 2.24) is 9.30 Å². The van der Waals surface area contributed by atoms with Crippen molar-refractivity contribution in [3.05, 3.63) is 59.7 Å². The Hall–Kier alpha value is -3.65. The third-order valence-electron chi connectivity index (χ3n) is 4.92. The predicted molar refractivity (Wildman–Crippen MR) is 93.9 cm³/mol. The van der Waals surface area contributed by atoms with E-state index in [1.165, 1.54) is 7.05 Å². The average molecular weight is 325 g/mol. The van der Waals surface area contributed by atoms with Gasteiger partial charge in [-0.15, -0.1) is 0 Å². The fourth-order valence-electron chi connectivity index (χ4n) is 3.73. The highest BCUT2D eigenvalue weighted by Gasteiger charge is 2.38. The molecule has 1 aromatic carbocycles. The van der Waals surface area contributed by atoms with Crippen molar-refractivity contribution in [1.29, 1.82) is 5.26 Å². The van der Waals surface area contributed by atoms with Gasteiger partial charge in [-0.2, -0.15) is 5.26 Å². The van der Waals surface area contributed by atoms with Crippen molar-refractivity contribution in [3.8, 4) is 6.07 Å². The quantitative estimate of drug-likeness (QED) is 0.505. The Morgan fingerprint density at radius 1 is 0.960 bits per heavy atom. The highest BCUT2D eigenvalue weighted by atomic mass is 16.2. The summed E-state index contributed by atoms with van der Waals surface area (Å²) in [4.78, 5) is 25.7. The molecule has 2 amide bonds. The van der Waals surface area contributed by atoms with Gasteiger partial charge in [0.1, 0.15) is 11.6 Å². The molecule has 25 heavy (non-hydrogen) atoms. The van der Waals surface area contributed by atoms with Crippen LogP contribution in [0.25, 0.3) is 32.9 Å². The number of hydrogen-bond donors (Lipinski definition) is 0.